The molecule has 3 rings (SSSR count). The predicted octanol–water partition coefficient (Wildman–Crippen LogP) is 1.38. The second kappa shape index (κ2) is 3.20. The van der Waals surface area contributed by atoms with Crippen LogP contribution in [0.15, 0.2) is 35.6 Å². The van der Waals surface area contributed by atoms with E-state index in [0.29, 0.717) is 12.7 Å². The molecule has 0 bridgehead atoms. The van der Waals surface area contributed by atoms with E-state index in [0.717, 1.165) is 11.3 Å². The van der Waals surface area contributed by atoms with Gasteiger partial charge in [0.15, 0.2) is 6.73 Å². The zero-order chi connectivity index (χ0) is 10.1. The summed E-state index contributed by atoms with van der Waals surface area (Å²) in [5.74, 6) is 1.37. The molecule has 0 radical (unpaired) electrons. The van der Waals surface area contributed by atoms with Crippen molar-refractivity contribution in [2.75, 3.05) is 0 Å². The fraction of sp³-hybridized carbons (Fsp3) is 0.100. The third kappa shape index (κ3) is 1.38. The zero-order valence-electron chi connectivity index (χ0n) is 7.87. The van der Waals surface area contributed by atoms with E-state index in [1.165, 1.54) is 6.33 Å². The van der Waals surface area contributed by atoms with Crippen LogP contribution in [0.4, 0.5) is 5.95 Å². The number of rotatable bonds is 0. The lowest BCUT2D eigenvalue weighted by Gasteiger charge is -2.11. The summed E-state index contributed by atoms with van der Waals surface area (Å²) in [7, 11) is 0. The first-order valence-corrected chi connectivity index (χ1v) is 4.57. The van der Waals surface area contributed by atoms with E-state index >= 15 is 0 Å². The van der Waals surface area contributed by atoms with Gasteiger partial charge in [0, 0.05) is 11.8 Å². The maximum absolute atomic E-state index is 5.58. The van der Waals surface area contributed by atoms with Gasteiger partial charge in [0.25, 0.3) is 5.95 Å². The topological polar surface area (TPSA) is 52.3 Å². The Balaban J connectivity index is 2.10. The van der Waals surface area contributed by atoms with Crippen molar-refractivity contribution in [2.24, 2.45) is 4.99 Å². The average molecular weight is 200 g/mol. The van der Waals surface area contributed by atoms with E-state index in [1.807, 2.05) is 24.3 Å². The molecule has 1 aliphatic heterocycles. The molecule has 5 heteroatoms. The smallest absolute Gasteiger partial charge is 0.250 e. The largest absolute Gasteiger partial charge is 0.470 e. The number of para-hydroxylation sites is 1. The summed E-state index contributed by atoms with van der Waals surface area (Å²) in [6, 6.07) is 7.73. The molecule has 0 spiro atoms. The van der Waals surface area contributed by atoms with Crippen molar-refractivity contribution in [1.29, 1.82) is 0 Å². The zero-order valence-corrected chi connectivity index (χ0v) is 7.87. The van der Waals surface area contributed by atoms with Crippen LogP contribution in [-0.4, -0.2) is 21.0 Å². The number of hydrogen-bond donors (Lipinski definition) is 0. The molecule has 74 valence electrons. The van der Waals surface area contributed by atoms with Crippen molar-refractivity contribution in [2.45, 2.75) is 6.73 Å². The number of nitrogens with zero attached hydrogens (tertiary/aromatic N) is 4. The summed E-state index contributed by atoms with van der Waals surface area (Å²) < 4.78 is 7.19. The lowest BCUT2D eigenvalue weighted by Crippen LogP contribution is -2.09. The predicted molar refractivity (Wildman–Crippen MR) is 54.3 cm³/mol. The second-order valence-electron chi connectivity index (χ2n) is 3.13. The lowest BCUT2D eigenvalue weighted by atomic mass is 10.2. The molecule has 0 N–H and O–H groups in total. The molecule has 5 nitrogen and oxygen atoms in total. The van der Waals surface area contributed by atoms with Gasteiger partial charge in [0.1, 0.15) is 12.1 Å². The average Bonchev–Trinajstić information content (AvgIpc) is 2.68. The van der Waals surface area contributed by atoms with Gasteiger partial charge < -0.3 is 4.74 Å². The number of fused-ring (bicyclic) bond motifs is 2. The molecule has 1 aromatic carbocycles. The SMILES string of the molecule is C1=N\c2ncnn2COc2ccccc2/1. The van der Waals surface area contributed by atoms with Crippen LogP contribution < -0.4 is 4.74 Å². The molecule has 0 saturated carbocycles. The van der Waals surface area contributed by atoms with Crippen LogP contribution in [0.25, 0.3) is 0 Å². The Labute approximate surface area is 86.0 Å². The van der Waals surface area contributed by atoms with Crippen LogP contribution in [0, 0.1) is 0 Å². The number of benzene rings is 1. The molecule has 0 atom stereocenters. The van der Waals surface area contributed by atoms with Gasteiger partial charge in [-0.3, -0.25) is 0 Å². The van der Waals surface area contributed by atoms with Crippen LogP contribution in [-0.2, 0) is 6.73 Å². The fourth-order valence-electron chi connectivity index (χ4n) is 1.43. The summed E-state index contributed by atoms with van der Waals surface area (Å²) in [5.41, 5.74) is 0.951. The lowest BCUT2D eigenvalue weighted by molar-refractivity contribution is 0.221. The number of ether oxygens (including phenoxy) is 1. The Morgan fingerprint density at radius 2 is 2.20 bits per heavy atom. The van der Waals surface area contributed by atoms with E-state index in [4.69, 9.17) is 4.74 Å². The third-order valence-corrected chi connectivity index (χ3v) is 2.18. The van der Waals surface area contributed by atoms with Crippen molar-refractivity contribution < 1.29 is 4.74 Å². The van der Waals surface area contributed by atoms with E-state index in [9.17, 15) is 0 Å². The van der Waals surface area contributed by atoms with Crippen molar-refractivity contribution in [3.63, 3.8) is 0 Å². The Hall–Kier alpha value is -2.17. The molecule has 0 amide bonds. The standard InChI is InChI=1S/C10H8N4O/c1-2-4-9-8(3-1)5-11-10-12-6-13-14(10)7-15-9/h1-6H,7H2/b11-5-. The number of aliphatic imine (C=N–C) groups is 1. The molecule has 0 fully saturated rings. The quantitative estimate of drug-likeness (QED) is 0.645. The molecule has 1 aliphatic rings. The van der Waals surface area contributed by atoms with Crippen LogP contribution in [0.3, 0.4) is 0 Å². The van der Waals surface area contributed by atoms with Crippen molar-refractivity contribution in [1.82, 2.24) is 14.8 Å². The maximum Gasteiger partial charge on any atom is 0.250 e. The van der Waals surface area contributed by atoms with Crippen LogP contribution >= 0.6 is 0 Å². The highest BCUT2D eigenvalue weighted by atomic mass is 16.5. The monoisotopic (exact) mass is 200 g/mol. The molecule has 0 unspecified atom stereocenters. The van der Waals surface area contributed by atoms with Crippen LogP contribution in [0.2, 0.25) is 0 Å². The maximum atomic E-state index is 5.58. The summed E-state index contributed by atoms with van der Waals surface area (Å²) in [6.45, 7) is 0.337. The third-order valence-electron chi connectivity index (χ3n) is 2.18. The van der Waals surface area contributed by atoms with Gasteiger partial charge in [0.2, 0.25) is 0 Å². The normalized spacial score (nSPS) is 15.5. The van der Waals surface area contributed by atoms with Gasteiger partial charge in [-0.1, -0.05) is 12.1 Å². The summed E-state index contributed by atoms with van der Waals surface area (Å²) in [5, 5.41) is 4.00. The summed E-state index contributed by atoms with van der Waals surface area (Å²) >= 11 is 0. The van der Waals surface area contributed by atoms with Gasteiger partial charge in [-0.15, -0.1) is 0 Å². The van der Waals surface area contributed by atoms with Crippen molar-refractivity contribution >= 4 is 12.2 Å². The van der Waals surface area contributed by atoms with Gasteiger partial charge >= 0.3 is 0 Å². The molecular weight excluding hydrogens is 192 g/mol. The summed E-state index contributed by atoms with van der Waals surface area (Å²) in [4.78, 5) is 8.24. The van der Waals surface area contributed by atoms with E-state index in [1.54, 1.807) is 10.9 Å². The molecular formula is C10H8N4O. The highest BCUT2D eigenvalue weighted by molar-refractivity contribution is 5.84. The minimum Gasteiger partial charge on any atom is -0.470 e. The molecule has 2 aromatic rings. The Bertz CT molecular complexity index is 518. The minimum atomic E-state index is 0.337. The van der Waals surface area contributed by atoms with Gasteiger partial charge in [-0.25, -0.2) is 4.99 Å². The van der Waals surface area contributed by atoms with E-state index in [-0.39, 0.29) is 0 Å². The molecule has 1 aromatic heterocycles. The molecule has 2 heterocycles. The Kier molecular flexibility index (Phi) is 1.74. The van der Waals surface area contributed by atoms with Crippen molar-refractivity contribution in [3.05, 3.63) is 36.2 Å². The molecule has 15 heavy (non-hydrogen) atoms. The highest BCUT2D eigenvalue weighted by Gasteiger charge is 2.08. The van der Waals surface area contributed by atoms with Crippen LogP contribution in [0.1, 0.15) is 5.56 Å². The van der Waals surface area contributed by atoms with Crippen LogP contribution in [0.5, 0.6) is 5.75 Å². The number of aromatic nitrogens is 3. The fourth-order valence-corrected chi connectivity index (χ4v) is 1.43. The minimum absolute atomic E-state index is 0.337. The highest BCUT2D eigenvalue weighted by Crippen LogP contribution is 2.20. The van der Waals surface area contributed by atoms with E-state index < -0.39 is 0 Å². The Morgan fingerprint density at radius 3 is 3.20 bits per heavy atom. The molecule has 0 aliphatic carbocycles. The molecule has 0 saturated heterocycles. The first-order valence-electron chi connectivity index (χ1n) is 4.57. The van der Waals surface area contributed by atoms with Gasteiger partial charge in [0.05, 0.1) is 0 Å². The van der Waals surface area contributed by atoms with E-state index in [2.05, 4.69) is 15.1 Å². The van der Waals surface area contributed by atoms with Gasteiger partial charge in [-0.05, 0) is 12.1 Å². The first kappa shape index (κ1) is 8.16. The number of hydrogen-bond acceptors (Lipinski definition) is 4. The second-order valence-corrected chi connectivity index (χ2v) is 3.13. The first-order chi connectivity index (χ1) is 7.43. The van der Waals surface area contributed by atoms with Crippen molar-refractivity contribution in [3.8, 4) is 5.75 Å². The Morgan fingerprint density at radius 1 is 1.27 bits per heavy atom. The van der Waals surface area contributed by atoms with Gasteiger partial charge in [-0.2, -0.15) is 14.8 Å². The summed E-state index contributed by atoms with van der Waals surface area (Å²) in [6.07, 6.45) is 3.20.